The molecule has 1 aliphatic heterocycles. The lowest BCUT2D eigenvalue weighted by atomic mass is 10.1. The van der Waals surface area contributed by atoms with Gasteiger partial charge in [-0.3, -0.25) is 24.3 Å². The van der Waals surface area contributed by atoms with Crippen LogP contribution in [0.3, 0.4) is 0 Å². The van der Waals surface area contributed by atoms with Crippen molar-refractivity contribution in [2.24, 2.45) is 0 Å². The minimum Gasteiger partial charge on any atom is -0.352 e. The number of carbonyl (C=O) groups is 3. The Kier molecular flexibility index (Phi) is 4.71. The molecule has 3 rings (SSSR count). The summed E-state index contributed by atoms with van der Waals surface area (Å²) in [6.07, 6.45) is 3.39. The van der Waals surface area contributed by atoms with E-state index >= 15 is 0 Å². The number of pyridine rings is 1. The zero-order chi connectivity index (χ0) is 17.1. The fourth-order valence-corrected chi connectivity index (χ4v) is 2.83. The van der Waals surface area contributed by atoms with Crippen molar-refractivity contribution < 1.29 is 14.4 Å². The number of hydrogen-bond acceptors (Lipinski definition) is 4. The zero-order valence-electron chi connectivity index (χ0n) is 12.7. The number of aromatic nitrogens is 1. The Bertz CT molecular complexity index is 808. The Morgan fingerprint density at radius 3 is 2.71 bits per heavy atom. The van der Waals surface area contributed by atoms with Crippen LogP contribution in [0.5, 0.6) is 0 Å². The molecule has 2 heterocycles. The third kappa shape index (κ3) is 3.35. The number of carbonyl (C=O) groups excluding carboxylic acids is 3. The van der Waals surface area contributed by atoms with E-state index in [2.05, 4.69) is 26.2 Å². The molecule has 0 radical (unpaired) electrons. The first-order chi connectivity index (χ1) is 11.6. The van der Waals surface area contributed by atoms with E-state index < -0.39 is 0 Å². The summed E-state index contributed by atoms with van der Waals surface area (Å²) in [5.74, 6) is -0.949. The highest BCUT2D eigenvalue weighted by Gasteiger charge is 2.35. The molecule has 0 unspecified atom stereocenters. The molecule has 0 atom stereocenters. The van der Waals surface area contributed by atoms with Gasteiger partial charge < -0.3 is 5.32 Å². The van der Waals surface area contributed by atoms with E-state index in [9.17, 15) is 14.4 Å². The summed E-state index contributed by atoms with van der Waals surface area (Å²) in [5, 5.41) is 2.75. The van der Waals surface area contributed by atoms with Crippen molar-refractivity contribution in [2.45, 2.75) is 13.0 Å². The topological polar surface area (TPSA) is 79.4 Å². The van der Waals surface area contributed by atoms with Gasteiger partial charge in [0.2, 0.25) is 5.91 Å². The lowest BCUT2D eigenvalue weighted by Crippen LogP contribution is -2.34. The molecule has 0 fully saturated rings. The number of nitrogens with zero attached hydrogens (tertiary/aromatic N) is 2. The van der Waals surface area contributed by atoms with Crippen LogP contribution in [0.2, 0.25) is 0 Å². The molecule has 1 N–H and O–H groups in total. The van der Waals surface area contributed by atoms with Gasteiger partial charge in [0.25, 0.3) is 11.8 Å². The van der Waals surface area contributed by atoms with Gasteiger partial charge in [-0.05, 0) is 29.8 Å². The molecule has 7 heteroatoms. The van der Waals surface area contributed by atoms with Crippen LogP contribution >= 0.6 is 15.9 Å². The highest BCUT2D eigenvalue weighted by molar-refractivity contribution is 9.10. The number of hydrogen-bond donors (Lipinski definition) is 1. The zero-order valence-corrected chi connectivity index (χ0v) is 14.2. The van der Waals surface area contributed by atoms with Crippen LogP contribution in [0.1, 0.15) is 32.7 Å². The van der Waals surface area contributed by atoms with Crippen LogP contribution in [0.4, 0.5) is 0 Å². The summed E-state index contributed by atoms with van der Waals surface area (Å²) < 4.78 is 0.735. The monoisotopic (exact) mass is 387 g/mol. The van der Waals surface area contributed by atoms with Gasteiger partial charge in [-0.1, -0.05) is 22.0 Å². The van der Waals surface area contributed by atoms with Gasteiger partial charge in [-0.15, -0.1) is 0 Å². The number of imide groups is 1. The van der Waals surface area contributed by atoms with Crippen molar-refractivity contribution in [3.63, 3.8) is 0 Å². The van der Waals surface area contributed by atoms with Gasteiger partial charge in [0, 0.05) is 36.4 Å². The molecule has 2 aromatic rings. The van der Waals surface area contributed by atoms with Crippen LogP contribution in [-0.2, 0) is 11.3 Å². The predicted octanol–water partition coefficient (Wildman–Crippen LogP) is 2.15. The van der Waals surface area contributed by atoms with Crippen molar-refractivity contribution in [3.05, 3.63) is 63.9 Å². The molecule has 3 amide bonds. The number of amides is 3. The van der Waals surface area contributed by atoms with E-state index in [1.165, 1.54) is 0 Å². The van der Waals surface area contributed by atoms with Crippen LogP contribution < -0.4 is 5.32 Å². The van der Waals surface area contributed by atoms with E-state index in [0.29, 0.717) is 17.7 Å². The Morgan fingerprint density at radius 1 is 1.17 bits per heavy atom. The molecule has 24 heavy (non-hydrogen) atoms. The number of halogens is 1. The quantitative estimate of drug-likeness (QED) is 0.797. The fraction of sp³-hybridized carbons (Fsp3) is 0.176. The van der Waals surface area contributed by atoms with E-state index in [1.54, 1.807) is 36.7 Å². The molecule has 1 aromatic carbocycles. The molecule has 0 aliphatic carbocycles. The highest BCUT2D eigenvalue weighted by Crippen LogP contribution is 2.26. The molecule has 6 nitrogen and oxygen atoms in total. The van der Waals surface area contributed by atoms with Crippen molar-refractivity contribution in [1.82, 2.24) is 15.2 Å². The van der Waals surface area contributed by atoms with Gasteiger partial charge in [-0.25, -0.2) is 0 Å². The SMILES string of the molecule is O=C(CCN1C(=O)c2ccc(Br)cc2C1=O)NCc1cccnc1. The molecule has 1 aromatic heterocycles. The molecular weight excluding hydrogens is 374 g/mol. The predicted molar refractivity (Wildman–Crippen MR) is 90.2 cm³/mol. The van der Waals surface area contributed by atoms with Crippen LogP contribution in [0.25, 0.3) is 0 Å². The largest absolute Gasteiger partial charge is 0.352 e. The molecular formula is C17H14BrN3O3. The van der Waals surface area contributed by atoms with E-state index in [1.807, 2.05) is 6.07 Å². The average molecular weight is 388 g/mol. The first-order valence-electron chi connectivity index (χ1n) is 7.37. The summed E-state index contributed by atoms with van der Waals surface area (Å²) in [6.45, 7) is 0.421. The minimum atomic E-state index is -0.364. The number of rotatable bonds is 5. The highest BCUT2D eigenvalue weighted by atomic mass is 79.9. The van der Waals surface area contributed by atoms with Gasteiger partial charge in [0.1, 0.15) is 0 Å². The van der Waals surface area contributed by atoms with Crippen LogP contribution in [0, 0.1) is 0 Å². The smallest absolute Gasteiger partial charge is 0.261 e. The standard InChI is InChI=1S/C17H14BrN3O3/c18-12-3-4-13-14(8-12)17(24)21(16(13)23)7-5-15(22)20-10-11-2-1-6-19-9-11/h1-4,6,8-9H,5,7,10H2,(H,20,22). The van der Waals surface area contributed by atoms with Crippen molar-refractivity contribution in [2.75, 3.05) is 6.54 Å². The molecule has 0 bridgehead atoms. The summed E-state index contributed by atoms with van der Waals surface area (Å²) >= 11 is 3.29. The van der Waals surface area contributed by atoms with Crippen molar-refractivity contribution in [3.8, 4) is 0 Å². The summed E-state index contributed by atoms with van der Waals surface area (Å²) in [4.78, 5) is 41.6. The molecule has 0 spiro atoms. The Morgan fingerprint density at radius 2 is 1.96 bits per heavy atom. The Labute approximate surface area is 147 Å². The minimum absolute atomic E-state index is 0.0584. The molecule has 0 saturated heterocycles. The number of nitrogens with one attached hydrogen (secondary N) is 1. The van der Waals surface area contributed by atoms with Gasteiger partial charge in [-0.2, -0.15) is 0 Å². The Hall–Kier alpha value is -2.54. The summed E-state index contributed by atoms with van der Waals surface area (Å²) in [6, 6.07) is 8.60. The number of benzene rings is 1. The Balaban J connectivity index is 1.56. The molecule has 122 valence electrons. The van der Waals surface area contributed by atoms with E-state index in [-0.39, 0.29) is 30.7 Å². The third-order valence-corrected chi connectivity index (χ3v) is 4.20. The van der Waals surface area contributed by atoms with Gasteiger partial charge in [0.15, 0.2) is 0 Å². The second kappa shape index (κ2) is 6.92. The second-order valence-electron chi connectivity index (χ2n) is 5.34. The average Bonchev–Trinajstić information content (AvgIpc) is 2.82. The maximum atomic E-state index is 12.3. The van der Waals surface area contributed by atoms with E-state index in [0.717, 1.165) is 14.9 Å². The van der Waals surface area contributed by atoms with Gasteiger partial charge in [0.05, 0.1) is 11.1 Å². The van der Waals surface area contributed by atoms with Gasteiger partial charge >= 0.3 is 0 Å². The first kappa shape index (κ1) is 16.3. The third-order valence-electron chi connectivity index (χ3n) is 3.71. The van der Waals surface area contributed by atoms with Crippen LogP contribution in [0.15, 0.2) is 47.2 Å². The second-order valence-corrected chi connectivity index (χ2v) is 6.26. The molecule has 1 aliphatic rings. The van der Waals surface area contributed by atoms with Crippen molar-refractivity contribution in [1.29, 1.82) is 0 Å². The summed E-state index contributed by atoms with van der Waals surface area (Å²) in [5.41, 5.74) is 1.63. The van der Waals surface area contributed by atoms with E-state index in [4.69, 9.17) is 0 Å². The summed E-state index contributed by atoms with van der Waals surface area (Å²) in [7, 11) is 0. The lowest BCUT2D eigenvalue weighted by Gasteiger charge is -2.13. The molecule has 0 saturated carbocycles. The maximum absolute atomic E-state index is 12.3. The normalized spacial score (nSPS) is 13.1. The van der Waals surface area contributed by atoms with Crippen LogP contribution in [-0.4, -0.2) is 34.2 Å². The lowest BCUT2D eigenvalue weighted by molar-refractivity contribution is -0.121. The van der Waals surface area contributed by atoms with Crippen molar-refractivity contribution >= 4 is 33.7 Å². The maximum Gasteiger partial charge on any atom is 0.261 e. The fourth-order valence-electron chi connectivity index (χ4n) is 2.47. The number of fused-ring (bicyclic) bond motifs is 1. The first-order valence-corrected chi connectivity index (χ1v) is 8.17.